The average Bonchev–Trinajstić information content (AvgIpc) is 2.09. The van der Waals surface area contributed by atoms with Gasteiger partial charge in [0, 0.05) is 0 Å². The zero-order chi connectivity index (χ0) is 9.84. The minimum Gasteiger partial charge on any atom is -0.375 e. The maximum absolute atomic E-state index is 8.72. The Labute approximate surface area is 86.3 Å². The second kappa shape index (κ2) is 4.08. The van der Waals surface area contributed by atoms with E-state index < -0.39 is 0 Å². The number of hydrogen-bond donors (Lipinski definition) is 1. The molecule has 0 fully saturated rings. The van der Waals surface area contributed by atoms with Crippen LogP contribution >= 0.6 is 23.8 Å². The highest BCUT2D eigenvalue weighted by Gasteiger charge is 2.10. The molecule has 0 aliphatic carbocycles. The van der Waals surface area contributed by atoms with Crippen molar-refractivity contribution in [1.29, 1.82) is 5.26 Å². The first-order valence-corrected chi connectivity index (χ1v) is 4.19. The maximum Gasteiger partial charge on any atom is 0.191 e. The zero-order valence-corrected chi connectivity index (χ0v) is 8.14. The molecule has 5 heteroatoms. The number of nitrogens with zero attached hydrogens (tertiary/aromatic N) is 2. The Balaban J connectivity index is 3.14. The highest BCUT2D eigenvalue weighted by Crippen LogP contribution is 2.24. The van der Waals surface area contributed by atoms with Crippen LogP contribution in [0.5, 0.6) is 0 Å². The normalized spacial score (nSPS) is 8.92. The van der Waals surface area contributed by atoms with E-state index in [9.17, 15) is 0 Å². The Bertz CT molecular complexity index is 372. The van der Waals surface area contributed by atoms with Gasteiger partial charge in [-0.05, 0) is 24.4 Å². The minimum atomic E-state index is -0.0180. The highest BCUT2D eigenvalue weighted by atomic mass is 35.5. The first-order chi connectivity index (χ1) is 6.16. The molecule has 0 aromatic heterocycles. The Morgan fingerprint density at radius 3 is 2.62 bits per heavy atom. The van der Waals surface area contributed by atoms with Crippen molar-refractivity contribution in [3.8, 4) is 6.19 Å². The Kier molecular flexibility index (Phi) is 3.07. The fraction of sp³-hybridized carbons (Fsp3) is 0. The van der Waals surface area contributed by atoms with Crippen molar-refractivity contribution in [2.45, 2.75) is 0 Å². The standard InChI is InChI=1S/C8H6ClN3S/c9-6-3-1-2-4-7(6)12(5-10)8(11)13/h1-4H,(H2,11,13). The van der Waals surface area contributed by atoms with Crippen LogP contribution in [0.3, 0.4) is 0 Å². The van der Waals surface area contributed by atoms with Crippen molar-refractivity contribution in [2.75, 3.05) is 4.90 Å². The summed E-state index contributed by atoms with van der Waals surface area (Å²) in [6, 6.07) is 6.86. The van der Waals surface area contributed by atoms with Crippen LogP contribution < -0.4 is 10.6 Å². The minimum absolute atomic E-state index is 0.0180. The number of benzene rings is 1. The van der Waals surface area contributed by atoms with E-state index in [2.05, 4.69) is 12.2 Å². The molecule has 0 radical (unpaired) electrons. The van der Waals surface area contributed by atoms with Gasteiger partial charge in [-0.15, -0.1) is 0 Å². The van der Waals surface area contributed by atoms with E-state index in [1.807, 2.05) is 6.19 Å². The molecular weight excluding hydrogens is 206 g/mol. The van der Waals surface area contributed by atoms with Gasteiger partial charge in [0.05, 0.1) is 10.7 Å². The van der Waals surface area contributed by atoms with Gasteiger partial charge >= 0.3 is 0 Å². The lowest BCUT2D eigenvalue weighted by Gasteiger charge is -2.13. The van der Waals surface area contributed by atoms with Crippen LogP contribution in [0.15, 0.2) is 24.3 Å². The van der Waals surface area contributed by atoms with E-state index >= 15 is 0 Å². The maximum atomic E-state index is 8.72. The summed E-state index contributed by atoms with van der Waals surface area (Å²) in [5, 5.41) is 9.15. The van der Waals surface area contributed by atoms with Crippen molar-refractivity contribution in [3.05, 3.63) is 29.3 Å². The SMILES string of the molecule is N#CN(C(N)=S)c1ccccc1Cl. The van der Waals surface area contributed by atoms with Crippen LogP contribution in [-0.4, -0.2) is 5.11 Å². The molecule has 0 bridgehead atoms. The van der Waals surface area contributed by atoms with Gasteiger partial charge in [0.15, 0.2) is 11.3 Å². The number of nitrogens with two attached hydrogens (primary N) is 1. The van der Waals surface area contributed by atoms with Crippen LogP contribution in [0, 0.1) is 11.5 Å². The van der Waals surface area contributed by atoms with Crippen molar-refractivity contribution < 1.29 is 0 Å². The zero-order valence-electron chi connectivity index (χ0n) is 6.57. The van der Waals surface area contributed by atoms with E-state index in [0.717, 1.165) is 4.90 Å². The predicted octanol–water partition coefficient (Wildman–Crippen LogP) is 1.87. The third-order valence-corrected chi connectivity index (χ3v) is 1.92. The monoisotopic (exact) mass is 211 g/mol. The molecule has 1 aromatic rings. The van der Waals surface area contributed by atoms with Gasteiger partial charge < -0.3 is 5.73 Å². The summed E-state index contributed by atoms with van der Waals surface area (Å²) >= 11 is 10.5. The number of rotatable bonds is 1. The first-order valence-electron chi connectivity index (χ1n) is 3.40. The van der Waals surface area contributed by atoms with Crippen LogP contribution in [-0.2, 0) is 0 Å². The summed E-state index contributed by atoms with van der Waals surface area (Å²) in [7, 11) is 0. The highest BCUT2D eigenvalue weighted by molar-refractivity contribution is 7.80. The summed E-state index contributed by atoms with van der Waals surface area (Å²) in [4.78, 5) is 1.09. The van der Waals surface area contributed by atoms with Crippen molar-refractivity contribution in [2.24, 2.45) is 5.73 Å². The van der Waals surface area contributed by atoms with E-state index in [1.165, 1.54) is 0 Å². The molecule has 66 valence electrons. The molecule has 0 amide bonds. The summed E-state index contributed by atoms with van der Waals surface area (Å²) < 4.78 is 0. The largest absolute Gasteiger partial charge is 0.375 e. The van der Waals surface area contributed by atoms with E-state index in [1.54, 1.807) is 24.3 Å². The molecule has 1 rings (SSSR count). The van der Waals surface area contributed by atoms with Crippen LogP contribution in [0.1, 0.15) is 0 Å². The Morgan fingerprint density at radius 1 is 1.54 bits per heavy atom. The van der Waals surface area contributed by atoms with Gasteiger partial charge in [-0.25, -0.2) is 4.90 Å². The van der Waals surface area contributed by atoms with Gasteiger partial charge in [0.2, 0.25) is 0 Å². The first kappa shape index (κ1) is 9.78. The number of para-hydroxylation sites is 1. The molecule has 3 nitrogen and oxygen atoms in total. The van der Waals surface area contributed by atoms with Crippen molar-refractivity contribution in [3.63, 3.8) is 0 Å². The number of halogens is 1. The molecular formula is C8H6ClN3S. The summed E-state index contributed by atoms with van der Waals surface area (Å²) in [6.07, 6.45) is 1.84. The van der Waals surface area contributed by atoms with Crippen LogP contribution in [0.4, 0.5) is 5.69 Å². The van der Waals surface area contributed by atoms with Gasteiger partial charge in [0.25, 0.3) is 0 Å². The topological polar surface area (TPSA) is 53.0 Å². The van der Waals surface area contributed by atoms with Gasteiger partial charge in [-0.3, -0.25) is 0 Å². The molecule has 0 saturated carbocycles. The quantitative estimate of drug-likeness (QED) is 0.438. The van der Waals surface area contributed by atoms with E-state index in [-0.39, 0.29) is 5.11 Å². The number of nitriles is 1. The lowest BCUT2D eigenvalue weighted by molar-refractivity contribution is 1.32. The summed E-state index contributed by atoms with van der Waals surface area (Å²) in [6.45, 7) is 0. The Hall–Kier alpha value is -1.31. The molecule has 0 aliphatic heterocycles. The molecule has 0 aliphatic rings. The summed E-state index contributed by atoms with van der Waals surface area (Å²) in [5.41, 5.74) is 5.82. The van der Waals surface area contributed by atoms with E-state index in [4.69, 9.17) is 22.6 Å². The van der Waals surface area contributed by atoms with Gasteiger partial charge in [-0.1, -0.05) is 23.7 Å². The number of anilines is 1. The lowest BCUT2D eigenvalue weighted by atomic mass is 10.3. The molecule has 0 unspecified atom stereocenters. The molecule has 0 heterocycles. The third-order valence-electron chi connectivity index (χ3n) is 1.41. The van der Waals surface area contributed by atoms with Gasteiger partial charge in [-0.2, -0.15) is 5.26 Å². The van der Waals surface area contributed by atoms with Crippen LogP contribution in [0.25, 0.3) is 0 Å². The third kappa shape index (κ3) is 2.08. The molecule has 1 aromatic carbocycles. The smallest absolute Gasteiger partial charge is 0.191 e. The number of hydrogen-bond acceptors (Lipinski definition) is 2. The number of thiocarbonyl (C=S) groups is 1. The lowest BCUT2D eigenvalue weighted by Crippen LogP contribution is -2.31. The fourth-order valence-corrected chi connectivity index (χ4v) is 1.21. The molecule has 13 heavy (non-hydrogen) atoms. The Morgan fingerprint density at radius 2 is 2.15 bits per heavy atom. The van der Waals surface area contributed by atoms with Crippen molar-refractivity contribution in [1.82, 2.24) is 0 Å². The van der Waals surface area contributed by atoms with Crippen LogP contribution in [0.2, 0.25) is 5.02 Å². The van der Waals surface area contributed by atoms with Crippen molar-refractivity contribution >= 4 is 34.6 Å². The average molecular weight is 212 g/mol. The second-order valence-electron chi connectivity index (χ2n) is 2.23. The molecule has 0 atom stereocenters. The molecule has 2 N–H and O–H groups in total. The molecule has 0 saturated heterocycles. The second-order valence-corrected chi connectivity index (χ2v) is 3.05. The molecule has 0 spiro atoms. The summed E-state index contributed by atoms with van der Waals surface area (Å²) in [5.74, 6) is 0. The fourth-order valence-electron chi connectivity index (χ4n) is 0.855. The predicted molar refractivity (Wildman–Crippen MR) is 56.3 cm³/mol. The van der Waals surface area contributed by atoms with E-state index in [0.29, 0.717) is 10.7 Å². The van der Waals surface area contributed by atoms with Gasteiger partial charge in [0.1, 0.15) is 0 Å².